The Morgan fingerprint density at radius 3 is 2.84 bits per heavy atom. The van der Waals surface area contributed by atoms with Crippen molar-refractivity contribution in [1.29, 1.82) is 0 Å². The summed E-state index contributed by atoms with van der Waals surface area (Å²) in [6.45, 7) is 4.34. The molecule has 3 heterocycles. The average Bonchev–Trinajstić information content (AvgIpc) is 3.47. The van der Waals surface area contributed by atoms with Crippen LogP contribution in [0.1, 0.15) is 55.4 Å². The summed E-state index contributed by atoms with van der Waals surface area (Å²) in [5, 5.41) is 5.43. The van der Waals surface area contributed by atoms with Crippen molar-refractivity contribution < 1.29 is 23.8 Å². The Morgan fingerprint density at radius 2 is 2.06 bits per heavy atom. The van der Waals surface area contributed by atoms with Gasteiger partial charge in [-0.2, -0.15) is 0 Å². The maximum absolute atomic E-state index is 13.5. The first kappa shape index (κ1) is 20.8. The number of Topliss-reactive ketones (excluding diaryl/α,β-unsaturated/α-hetero) is 1. The van der Waals surface area contributed by atoms with Gasteiger partial charge in [-0.15, -0.1) is 11.3 Å². The molecule has 0 radical (unpaired) electrons. The van der Waals surface area contributed by atoms with Gasteiger partial charge in [-0.3, -0.25) is 4.79 Å². The molecular formula is C25H25NO5S. The Hall–Kier alpha value is -3.06. The molecule has 5 rings (SSSR count). The third kappa shape index (κ3) is 3.60. The van der Waals surface area contributed by atoms with Crippen molar-refractivity contribution in [2.75, 3.05) is 13.4 Å². The Kier molecular flexibility index (Phi) is 5.51. The molecular weight excluding hydrogens is 426 g/mol. The molecule has 0 saturated carbocycles. The second-order valence-electron chi connectivity index (χ2n) is 8.28. The van der Waals surface area contributed by atoms with Gasteiger partial charge in [0.2, 0.25) is 6.79 Å². The predicted molar refractivity (Wildman–Crippen MR) is 121 cm³/mol. The lowest BCUT2D eigenvalue weighted by Gasteiger charge is -2.36. The van der Waals surface area contributed by atoms with E-state index in [9.17, 15) is 9.59 Å². The minimum Gasteiger partial charge on any atom is -0.462 e. The lowest BCUT2D eigenvalue weighted by atomic mass is 9.72. The second kappa shape index (κ2) is 8.47. The molecule has 0 unspecified atom stereocenters. The Bertz CT molecular complexity index is 1130. The molecule has 3 aliphatic rings. The minimum absolute atomic E-state index is 0.0631. The van der Waals surface area contributed by atoms with Crippen molar-refractivity contribution in [3.63, 3.8) is 0 Å². The van der Waals surface area contributed by atoms with Gasteiger partial charge in [-0.1, -0.05) is 19.1 Å². The van der Waals surface area contributed by atoms with Gasteiger partial charge in [0.1, 0.15) is 0 Å². The number of hydrogen-bond acceptors (Lipinski definition) is 7. The van der Waals surface area contributed by atoms with E-state index in [-0.39, 0.29) is 24.5 Å². The number of benzene rings is 1. The fourth-order valence-corrected chi connectivity index (χ4v) is 5.56. The van der Waals surface area contributed by atoms with Crippen LogP contribution in [-0.4, -0.2) is 25.2 Å². The van der Waals surface area contributed by atoms with E-state index in [1.165, 1.54) is 4.88 Å². The number of dihydropyridines is 1. The number of ketones is 1. The largest absolute Gasteiger partial charge is 0.462 e. The van der Waals surface area contributed by atoms with Crippen molar-refractivity contribution in [2.45, 2.75) is 44.9 Å². The van der Waals surface area contributed by atoms with Crippen LogP contribution >= 0.6 is 11.3 Å². The van der Waals surface area contributed by atoms with Crippen LogP contribution in [0.2, 0.25) is 0 Å². The summed E-state index contributed by atoms with van der Waals surface area (Å²) in [4.78, 5) is 27.8. The second-order valence-corrected chi connectivity index (χ2v) is 9.26. The van der Waals surface area contributed by atoms with E-state index in [1.807, 2.05) is 43.5 Å². The molecule has 32 heavy (non-hydrogen) atoms. The lowest BCUT2D eigenvalue weighted by molar-refractivity contribution is -0.139. The molecule has 0 saturated heterocycles. The number of carbonyl (C=O) groups is 2. The van der Waals surface area contributed by atoms with Gasteiger partial charge in [0, 0.05) is 40.1 Å². The molecule has 1 aromatic carbocycles. The van der Waals surface area contributed by atoms with Crippen molar-refractivity contribution in [2.24, 2.45) is 0 Å². The molecule has 0 amide bonds. The predicted octanol–water partition coefficient (Wildman–Crippen LogP) is 4.79. The van der Waals surface area contributed by atoms with Gasteiger partial charge in [-0.05, 0) is 48.9 Å². The monoisotopic (exact) mass is 451 g/mol. The molecule has 1 aliphatic carbocycles. The van der Waals surface area contributed by atoms with Crippen molar-refractivity contribution in [3.05, 3.63) is 68.7 Å². The van der Waals surface area contributed by atoms with E-state index in [1.54, 1.807) is 11.3 Å². The quantitative estimate of drug-likeness (QED) is 0.659. The number of fused-ring (bicyclic) bond motifs is 1. The number of nitrogens with one attached hydrogen (secondary N) is 1. The molecule has 0 bridgehead atoms. The van der Waals surface area contributed by atoms with Gasteiger partial charge in [0.15, 0.2) is 17.3 Å². The molecule has 7 heteroatoms. The van der Waals surface area contributed by atoms with Crippen LogP contribution in [0.4, 0.5) is 0 Å². The van der Waals surface area contributed by atoms with E-state index in [2.05, 4.69) is 11.4 Å². The fourth-order valence-electron chi connectivity index (χ4n) is 4.73. The molecule has 2 aliphatic heterocycles. The smallest absolute Gasteiger partial charge is 0.336 e. The molecule has 1 aromatic heterocycles. The maximum atomic E-state index is 13.5. The van der Waals surface area contributed by atoms with Gasteiger partial charge in [0.05, 0.1) is 12.2 Å². The van der Waals surface area contributed by atoms with Crippen LogP contribution in [0.3, 0.4) is 0 Å². The zero-order valence-corrected chi connectivity index (χ0v) is 18.9. The Labute approximate surface area is 190 Å². The average molecular weight is 452 g/mol. The highest BCUT2D eigenvalue weighted by Gasteiger charge is 2.42. The van der Waals surface area contributed by atoms with Crippen molar-refractivity contribution >= 4 is 23.1 Å². The molecule has 1 N–H and O–H groups in total. The summed E-state index contributed by atoms with van der Waals surface area (Å²) in [7, 11) is 0. The van der Waals surface area contributed by atoms with E-state index in [4.69, 9.17) is 14.2 Å². The molecule has 0 spiro atoms. The fraction of sp³-hybridized carbons (Fsp3) is 0.360. The van der Waals surface area contributed by atoms with E-state index < -0.39 is 5.92 Å². The zero-order chi connectivity index (χ0) is 22.2. The molecule has 2 atom stereocenters. The summed E-state index contributed by atoms with van der Waals surface area (Å²) < 4.78 is 16.5. The van der Waals surface area contributed by atoms with Crippen LogP contribution in [0.5, 0.6) is 11.5 Å². The number of rotatable bonds is 5. The first-order valence-corrected chi connectivity index (χ1v) is 11.8. The van der Waals surface area contributed by atoms with Crippen molar-refractivity contribution in [1.82, 2.24) is 5.32 Å². The third-order valence-electron chi connectivity index (χ3n) is 6.16. The summed E-state index contributed by atoms with van der Waals surface area (Å²) in [5.74, 6) is 0.615. The van der Waals surface area contributed by atoms with Crippen LogP contribution in [0.25, 0.3) is 0 Å². The number of hydrogen-bond donors (Lipinski definition) is 1. The maximum Gasteiger partial charge on any atom is 0.336 e. The van der Waals surface area contributed by atoms with Crippen LogP contribution < -0.4 is 14.8 Å². The highest BCUT2D eigenvalue weighted by atomic mass is 32.1. The van der Waals surface area contributed by atoms with Crippen molar-refractivity contribution in [3.8, 4) is 11.5 Å². The molecule has 6 nitrogen and oxygen atoms in total. The highest BCUT2D eigenvalue weighted by Crippen LogP contribution is 2.47. The Balaban J connectivity index is 1.59. The van der Waals surface area contributed by atoms with E-state index in [0.717, 1.165) is 29.8 Å². The summed E-state index contributed by atoms with van der Waals surface area (Å²) >= 11 is 1.68. The van der Waals surface area contributed by atoms with Crippen LogP contribution in [-0.2, 0) is 14.3 Å². The minimum atomic E-state index is -0.498. The topological polar surface area (TPSA) is 73.9 Å². The van der Waals surface area contributed by atoms with Gasteiger partial charge >= 0.3 is 5.97 Å². The number of thiophene rings is 1. The summed E-state index contributed by atoms with van der Waals surface area (Å²) in [6, 6.07) is 9.73. The van der Waals surface area contributed by atoms with Gasteiger partial charge in [0.25, 0.3) is 0 Å². The SMILES string of the molecule is CCCOC(=O)C1=C(C)NC2=C(C(=O)C[C@@H](c3cccs3)C2)[C@H]1c1ccc2c(c1)OCO2. The molecule has 0 fully saturated rings. The van der Waals surface area contributed by atoms with Crippen LogP contribution in [0.15, 0.2) is 58.3 Å². The lowest BCUT2D eigenvalue weighted by Crippen LogP contribution is -2.36. The first-order valence-electron chi connectivity index (χ1n) is 10.9. The van der Waals surface area contributed by atoms with E-state index in [0.29, 0.717) is 35.7 Å². The molecule has 166 valence electrons. The van der Waals surface area contributed by atoms with Gasteiger partial charge in [-0.25, -0.2) is 4.79 Å². The molecule has 2 aromatic rings. The Morgan fingerprint density at radius 1 is 1.22 bits per heavy atom. The number of ether oxygens (including phenoxy) is 3. The third-order valence-corrected chi connectivity index (χ3v) is 7.20. The highest BCUT2D eigenvalue weighted by molar-refractivity contribution is 7.10. The zero-order valence-electron chi connectivity index (χ0n) is 18.1. The van der Waals surface area contributed by atoms with Gasteiger partial charge < -0.3 is 19.5 Å². The normalized spacial score (nSPS) is 22.0. The number of esters is 1. The number of allylic oxidation sites excluding steroid dienone is 3. The van der Waals surface area contributed by atoms with Crippen LogP contribution in [0, 0.1) is 0 Å². The van der Waals surface area contributed by atoms with E-state index >= 15 is 0 Å². The first-order chi connectivity index (χ1) is 15.6. The standard InChI is InChI=1S/C25H25NO5S/c1-3-8-29-25(28)22-14(2)26-17-10-16(21-5-4-9-32-21)11-18(27)24(17)23(22)15-6-7-19-20(12-15)31-13-30-19/h4-7,9,12,16,23,26H,3,8,10-11,13H2,1-2H3/t16-,23-/m0/s1. The number of carbonyl (C=O) groups excluding carboxylic acids is 2. The summed E-state index contributed by atoms with van der Waals surface area (Å²) in [5.41, 5.74) is 3.60. The summed E-state index contributed by atoms with van der Waals surface area (Å²) in [6.07, 6.45) is 1.89.